The van der Waals surface area contributed by atoms with E-state index in [0.29, 0.717) is 0 Å². The van der Waals surface area contributed by atoms with Crippen LogP contribution in [0.4, 0.5) is 14.5 Å². The third-order valence-corrected chi connectivity index (χ3v) is 3.68. The molecule has 0 saturated carbocycles. The lowest BCUT2D eigenvalue weighted by atomic mass is 10.1. The summed E-state index contributed by atoms with van der Waals surface area (Å²) in [6, 6.07) is 10.9. The molecule has 1 N–H and O–H groups in total. The molecule has 0 aliphatic carbocycles. The number of alkyl halides is 2. The fourth-order valence-corrected chi connectivity index (χ4v) is 2.69. The number of ether oxygens (including phenoxy) is 1. The van der Waals surface area contributed by atoms with Crippen LogP contribution >= 0.6 is 11.3 Å². The molecule has 1 aromatic carbocycles. The molecule has 1 unspecified atom stereocenters. The van der Waals surface area contributed by atoms with Crippen LogP contribution in [0, 0.1) is 0 Å². The van der Waals surface area contributed by atoms with Crippen LogP contribution in [-0.4, -0.2) is 6.61 Å². The van der Waals surface area contributed by atoms with Gasteiger partial charge in [-0.25, -0.2) is 0 Å². The molecular formula is C14H15F2NOS. The molecule has 0 radical (unpaired) electrons. The first-order chi connectivity index (χ1) is 9.19. The molecule has 0 spiro atoms. The largest absolute Gasteiger partial charge is 0.435 e. The maximum atomic E-state index is 12.2. The topological polar surface area (TPSA) is 21.3 Å². The highest BCUT2D eigenvalue weighted by Crippen LogP contribution is 2.28. The van der Waals surface area contributed by atoms with E-state index in [-0.39, 0.29) is 11.8 Å². The molecule has 0 saturated heterocycles. The number of halogens is 2. The van der Waals surface area contributed by atoms with Gasteiger partial charge in [-0.2, -0.15) is 8.78 Å². The Labute approximate surface area is 115 Å². The molecular weight excluding hydrogens is 268 g/mol. The Morgan fingerprint density at radius 3 is 2.74 bits per heavy atom. The van der Waals surface area contributed by atoms with Crippen molar-refractivity contribution in [3.8, 4) is 5.75 Å². The summed E-state index contributed by atoms with van der Waals surface area (Å²) in [7, 11) is 0. The molecule has 2 nitrogen and oxygen atoms in total. The third kappa shape index (κ3) is 3.92. The van der Waals surface area contributed by atoms with E-state index < -0.39 is 6.61 Å². The predicted octanol–water partition coefficient (Wildman–Crippen LogP) is 4.91. The minimum atomic E-state index is -2.80. The molecule has 0 bridgehead atoms. The molecule has 2 aromatic rings. The summed E-state index contributed by atoms with van der Waals surface area (Å²) in [6.45, 7) is -0.716. The van der Waals surface area contributed by atoms with Crippen molar-refractivity contribution in [2.45, 2.75) is 26.0 Å². The normalized spacial score (nSPS) is 12.4. The smallest absolute Gasteiger partial charge is 0.387 e. The van der Waals surface area contributed by atoms with E-state index in [1.54, 1.807) is 23.5 Å². The van der Waals surface area contributed by atoms with Crippen LogP contribution in [0.2, 0.25) is 0 Å². The van der Waals surface area contributed by atoms with E-state index in [1.807, 2.05) is 17.5 Å². The van der Waals surface area contributed by atoms with Crippen molar-refractivity contribution in [1.82, 2.24) is 0 Å². The fourth-order valence-electron chi connectivity index (χ4n) is 1.83. The van der Waals surface area contributed by atoms with Crippen LogP contribution in [0.25, 0.3) is 0 Å². The lowest BCUT2D eigenvalue weighted by Gasteiger charge is -2.17. The second-order valence-electron chi connectivity index (χ2n) is 4.03. The van der Waals surface area contributed by atoms with Gasteiger partial charge >= 0.3 is 6.61 Å². The fraction of sp³-hybridized carbons (Fsp3) is 0.286. The van der Waals surface area contributed by atoms with Crippen LogP contribution in [0.1, 0.15) is 24.3 Å². The summed E-state index contributed by atoms with van der Waals surface area (Å²) in [5.41, 5.74) is 0.776. The van der Waals surface area contributed by atoms with Crippen molar-refractivity contribution < 1.29 is 13.5 Å². The SMILES string of the molecule is CCC(Nc1cccc(OC(F)F)c1)c1cccs1. The number of anilines is 1. The molecule has 102 valence electrons. The molecule has 1 atom stereocenters. The average molecular weight is 283 g/mol. The predicted molar refractivity (Wildman–Crippen MR) is 74.0 cm³/mol. The van der Waals surface area contributed by atoms with Gasteiger partial charge in [0.05, 0.1) is 6.04 Å². The minimum absolute atomic E-state index is 0.168. The minimum Gasteiger partial charge on any atom is -0.435 e. The average Bonchev–Trinajstić information content (AvgIpc) is 2.89. The van der Waals surface area contributed by atoms with Gasteiger partial charge in [0, 0.05) is 16.6 Å². The first-order valence-electron chi connectivity index (χ1n) is 6.04. The van der Waals surface area contributed by atoms with E-state index in [9.17, 15) is 8.78 Å². The van der Waals surface area contributed by atoms with Crippen molar-refractivity contribution >= 4 is 17.0 Å². The molecule has 0 fully saturated rings. The Kier molecular flexibility index (Phi) is 4.74. The molecule has 0 aliphatic heterocycles. The van der Waals surface area contributed by atoms with Crippen LogP contribution < -0.4 is 10.1 Å². The lowest BCUT2D eigenvalue weighted by molar-refractivity contribution is -0.0498. The van der Waals surface area contributed by atoms with Crippen molar-refractivity contribution in [1.29, 1.82) is 0 Å². The molecule has 19 heavy (non-hydrogen) atoms. The van der Waals surface area contributed by atoms with E-state index in [1.165, 1.54) is 10.9 Å². The van der Waals surface area contributed by atoms with Crippen LogP contribution in [0.5, 0.6) is 5.75 Å². The molecule has 1 heterocycles. The number of rotatable bonds is 6. The van der Waals surface area contributed by atoms with Crippen molar-refractivity contribution in [3.05, 3.63) is 46.7 Å². The quantitative estimate of drug-likeness (QED) is 0.813. The maximum Gasteiger partial charge on any atom is 0.387 e. The van der Waals surface area contributed by atoms with E-state index in [2.05, 4.69) is 23.0 Å². The summed E-state index contributed by atoms with van der Waals surface area (Å²) < 4.78 is 28.7. The first kappa shape index (κ1) is 13.8. The Bertz CT molecular complexity index is 502. The van der Waals surface area contributed by atoms with E-state index >= 15 is 0 Å². The zero-order valence-electron chi connectivity index (χ0n) is 10.5. The Morgan fingerprint density at radius 1 is 1.26 bits per heavy atom. The highest BCUT2D eigenvalue weighted by Gasteiger charge is 2.11. The van der Waals surface area contributed by atoms with Gasteiger partial charge in [-0.3, -0.25) is 0 Å². The highest BCUT2D eigenvalue weighted by atomic mass is 32.1. The van der Waals surface area contributed by atoms with E-state index in [0.717, 1.165) is 12.1 Å². The standard InChI is InChI=1S/C14H15F2NOS/c1-2-12(13-7-4-8-19-13)17-10-5-3-6-11(9-10)18-14(15)16/h3-9,12,14,17H,2H2,1H3. The number of thiophene rings is 1. The summed E-state index contributed by atoms with van der Waals surface area (Å²) >= 11 is 1.68. The zero-order chi connectivity index (χ0) is 13.7. The van der Waals surface area contributed by atoms with Gasteiger partial charge in [-0.05, 0) is 30.0 Å². The summed E-state index contributed by atoms with van der Waals surface area (Å²) in [4.78, 5) is 1.22. The third-order valence-electron chi connectivity index (χ3n) is 2.69. The monoisotopic (exact) mass is 283 g/mol. The molecule has 5 heteroatoms. The van der Waals surface area contributed by atoms with Gasteiger partial charge in [0.2, 0.25) is 0 Å². The number of nitrogens with one attached hydrogen (secondary N) is 1. The molecule has 0 aliphatic rings. The number of benzene rings is 1. The zero-order valence-corrected chi connectivity index (χ0v) is 11.3. The van der Waals surface area contributed by atoms with Crippen LogP contribution in [0.3, 0.4) is 0 Å². The van der Waals surface area contributed by atoms with Gasteiger partial charge in [-0.15, -0.1) is 11.3 Å². The summed E-state index contributed by atoms with van der Waals surface area (Å²) in [6.07, 6.45) is 0.917. The van der Waals surface area contributed by atoms with Gasteiger partial charge < -0.3 is 10.1 Å². The van der Waals surface area contributed by atoms with E-state index in [4.69, 9.17) is 0 Å². The number of hydrogen-bond donors (Lipinski definition) is 1. The highest BCUT2D eigenvalue weighted by molar-refractivity contribution is 7.10. The summed E-state index contributed by atoms with van der Waals surface area (Å²) in [5.74, 6) is 0.168. The van der Waals surface area contributed by atoms with Crippen molar-refractivity contribution in [2.24, 2.45) is 0 Å². The van der Waals surface area contributed by atoms with Crippen LogP contribution in [0.15, 0.2) is 41.8 Å². The molecule has 2 rings (SSSR count). The lowest BCUT2D eigenvalue weighted by Crippen LogP contribution is -2.08. The van der Waals surface area contributed by atoms with Gasteiger partial charge in [0.15, 0.2) is 0 Å². The van der Waals surface area contributed by atoms with Gasteiger partial charge in [0.1, 0.15) is 5.75 Å². The van der Waals surface area contributed by atoms with Crippen LogP contribution in [-0.2, 0) is 0 Å². The Balaban J connectivity index is 2.09. The van der Waals surface area contributed by atoms with Crippen molar-refractivity contribution in [2.75, 3.05) is 5.32 Å². The second kappa shape index (κ2) is 6.52. The maximum absolute atomic E-state index is 12.2. The Morgan fingerprint density at radius 2 is 2.11 bits per heavy atom. The molecule has 1 aromatic heterocycles. The Hall–Kier alpha value is -1.62. The van der Waals surface area contributed by atoms with Crippen molar-refractivity contribution in [3.63, 3.8) is 0 Å². The number of hydrogen-bond acceptors (Lipinski definition) is 3. The van der Waals surface area contributed by atoms with Gasteiger partial charge in [-0.1, -0.05) is 19.1 Å². The summed E-state index contributed by atoms with van der Waals surface area (Å²) in [5, 5.41) is 5.35. The second-order valence-corrected chi connectivity index (χ2v) is 5.01. The first-order valence-corrected chi connectivity index (χ1v) is 6.92. The molecule has 0 amide bonds. The van der Waals surface area contributed by atoms with Gasteiger partial charge in [0.25, 0.3) is 0 Å².